The molecule has 0 saturated heterocycles. The highest BCUT2D eigenvalue weighted by atomic mass is 16.4. The Hall–Kier alpha value is -5.77. The molecule has 0 aliphatic carbocycles. The summed E-state index contributed by atoms with van der Waals surface area (Å²) in [7, 11) is 0. The molecule has 53 heavy (non-hydrogen) atoms. The molecule has 0 bridgehead atoms. The van der Waals surface area contributed by atoms with Gasteiger partial charge in [0.15, 0.2) is 11.2 Å². The minimum Gasteiger partial charge on any atom is -0.436 e. The summed E-state index contributed by atoms with van der Waals surface area (Å²) in [6.45, 7) is 19.6. The first-order chi connectivity index (χ1) is 25.0. The lowest BCUT2D eigenvalue weighted by molar-refractivity contribution is 0.411. The van der Waals surface area contributed by atoms with Crippen LogP contribution < -0.4 is 16.0 Å². The highest BCUT2D eigenvalue weighted by molar-refractivity contribution is 5.78. The summed E-state index contributed by atoms with van der Waals surface area (Å²) >= 11 is 0. The molecule has 0 amide bonds. The van der Waals surface area contributed by atoms with Gasteiger partial charge in [0.05, 0.1) is 0 Å². The second kappa shape index (κ2) is 13.7. The highest BCUT2D eigenvalue weighted by Crippen LogP contribution is 2.31. The molecule has 3 aromatic heterocycles. The standard InChI is InChI=1S/C43H48N8O2/c1-41(2,3)24-26-10-20-34-32(22-26)46-36(52-34)28-12-16-30(17-13-28)44-38-48-39(50-40(49-38)51-43(7,8)9)45-31-18-14-29(15-19-31)37-47-33-23-27(25-42(4,5)6)11-21-35(33)53-37/h10-23H,24-25H2,1-9H3,(H3,44,45,48,49,50,51). The van der Waals surface area contributed by atoms with Crippen molar-refractivity contribution in [3.63, 3.8) is 0 Å². The number of nitrogens with one attached hydrogen (secondary N) is 3. The molecule has 7 rings (SSSR count). The number of nitrogens with zero attached hydrogens (tertiary/aromatic N) is 5. The third kappa shape index (κ3) is 9.18. The van der Waals surface area contributed by atoms with Gasteiger partial charge in [-0.25, -0.2) is 9.97 Å². The van der Waals surface area contributed by atoms with E-state index in [4.69, 9.17) is 23.8 Å². The van der Waals surface area contributed by atoms with E-state index in [9.17, 15) is 0 Å². The summed E-state index contributed by atoms with van der Waals surface area (Å²) in [5.74, 6) is 2.39. The summed E-state index contributed by atoms with van der Waals surface area (Å²) in [5, 5.41) is 10.0. The summed E-state index contributed by atoms with van der Waals surface area (Å²) in [5.41, 5.74) is 9.26. The molecule has 272 valence electrons. The Kier molecular flexibility index (Phi) is 9.18. The molecule has 3 N–H and O–H groups in total. The molecule has 0 spiro atoms. The summed E-state index contributed by atoms with van der Waals surface area (Å²) in [6, 6.07) is 28.2. The lowest BCUT2D eigenvalue weighted by atomic mass is 9.88. The zero-order chi connectivity index (χ0) is 37.5. The molecule has 0 unspecified atom stereocenters. The summed E-state index contributed by atoms with van der Waals surface area (Å²) in [6.07, 6.45) is 1.94. The predicted octanol–water partition coefficient (Wildman–Crippen LogP) is 11.4. The Bertz CT molecular complexity index is 2210. The molecule has 0 saturated carbocycles. The minimum atomic E-state index is -0.265. The van der Waals surface area contributed by atoms with Crippen LogP contribution in [0.3, 0.4) is 0 Å². The fraction of sp³-hybridized carbons (Fsp3) is 0.326. The number of rotatable bonds is 9. The van der Waals surface area contributed by atoms with E-state index in [1.807, 2.05) is 60.7 Å². The van der Waals surface area contributed by atoms with Gasteiger partial charge in [0.25, 0.3) is 0 Å². The first kappa shape index (κ1) is 35.6. The zero-order valence-electron chi connectivity index (χ0n) is 32.0. The molecule has 4 aromatic carbocycles. The van der Waals surface area contributed by atoms with Gasteiger partial charge in [-0.15, -0.1) is 0 Å². The topological polar surface area (TPSA) is 127 Å². The van der Waals surface area contributed by atoms with Crippen molar-refractivity contribution < 1.29 is 8.83 Å². The zero-order valence-corrected chi connectivity index (χ0v) is 32.0. The van der Waals surface area contributed by atoms with Crippen LogP contribution in [0.5, 0.6) is 0 Å². The third-order valence-electron chi connectivity index (χ3n) is 8.27. The molecule has 10 nitrogen and oxygen atoms in total. The van der Waals surface area contributed by atoms with Crippen LogP contribution in [-0.4, -0.2) is 30.5 Å². The summed E-state index contributed by atoms with van der Waals surface area (Å²) in [4.78, 5) is 23.6. The van der Waals surface area contributed by atoms with Gasteiger partial charge in [0, 0.05) is 28.0 Å². The van der Waals surface area contributed by atoms with Crippen LogP contribution in [0.15, 0.2) is 93.8 Å². The second-order valence-corrected chi connectivity index (χ2v) is 17.2. The Morgan fingerprint density at radius 3 is 1.25 bits per heavy atom. The van der Waals surface area contributed by atoms with Crippen molar-refractivity contribution in [3.05, 3.63) is 96.1 Å². The van der Waals surface area contributed by atoms with E-state index in [1.54, 1.807) is 0 Å². The maximum atomic E-state index is 6.11. The van der Waals surface area contributed by atoms with E-state index in [-0.39, 0.29) is 16.4 Å². The molecule has 0 fully saturated rings. The van der Waals surface area contributed by atoms with E-state index < -0.39 is 0 Å². The number of fused-ring (bicyclic) bond motifs is 2. The van der Waals surface area contributed by atoms with Crippen molar-refractivity contribution in [1.29, 1.82) is 0 Å². The number of hydrogen-bond donors (Lipinski definition) is 3. The fourth-order valence-electron chi connectivity index (χ4n) is 6.17. The molecular weight excluding hydrogens is 661 g/mol. The van der Waals surface area contributed by atoms with Crippen molar-refractivity contribution in [2.75, 3.05) is 16.0 Å². The monoisotopic (exact) mass is 708 g/mol. The predicted molar refractivity (Wildman–Crippen MR) is 215 cm³/mol. The van der Waals surface area contributed by atoms with E-state index in [0.29, 0.717) is 29.6 Å². The van der Waals surface area contributed by atoms with Crippen LogP contribution in [0.2, 0.25) is 0 Å². The number of hydrogen-bond acceptors (Lipinski definition) is 10. The normalized spacial score (nSPS) is 12.4. The molecule has 0 aliphatic rings. The maximum absolute atomic E-state index is 6.11. The molecule has 0 radical (unpaired) electrons. The van der Waals surface area contributed by atoms with Crippen LogP contribution in [-0.2, 0) is 12.8 Å². The van der Waals surface area contributed by atoms with Gasteiger partial charge in [0.1, 0.15) is 11.0 Å². The van der Waals surface area contributed by atoms with Crippen LogP contribution in [0.4, 0.5) is 29.2 Å². The molecule has 10 heteroatoms. The van der Waals surface area contributed by atoms with Crippen LogP contribution in [0.1, 0.15) is 73.4 Å². The van der Waals surface area contributed by atoms with Crippen molar-refractivity contribution in [1.82, 2.24) is 24.9 Å². The van der Waals surface area contributed by atoms with Gasteiger partial charge in [-0.05, 0) is 128 Å². The van der Waals surface area contributed by atoms with Gasteiger partial charge in [0.2, 0.25) is 29.6 Å². The average Bonchev–Trinajstić information content (AvgIpc) is 3.67. The van der Waals surface area contributed by atoms with Gasteiger partial charge in [-0.1, -0.05) is 53.7 Å². The summed E-state index contributed by atoms with van der Waals surface area (Å²) < 4.78 is 12.2. The quantitative estimate of drug-likeness (QED) is 0.133. The number of oxazole rings is 2. The van der Waals surface area contributed by atoms with Crippen molar-refractivity contribution in [3.8, 4) is 22.9 Å². The van der Waals surface area contributed by atoms with E-state index in [1.165, 1.54) is 11.1 Å². The lowest BCUT2D eigenvalue weighted by Crippen LogP contribution is -2.27. The minimum absolute atomic E-state index is 0.194. The van der Waals surface area contributed by atoms with E-state index in [0.717, 1.165) is 57.5 Å². The van der Waals surface area contributed by atoms with E-state index in [2.05, 4.69) is 112 Å². The fourth-order valence-corrected chi connectivity index (χ4v) is 6.17. The first-order valence-corrected chi connectivity index (χ1v) is 18.1. The highest BCUT2D eigenvalue weighted by Gasteiger charge is 2.18. The number of aromatic nitrogens is 5. The molecular formula is C43H48N8O2. The van der Waals surface area contributed by atoms with Crippen LogP contribution in [0, 0.1) is 10.8 Å². The Labute approximate surface area is 310 Å². The first-order valence-electron chi connectivity index (χ1n) is 18.1. The van der Waals surface area contributed by atoms with Gasteiger partial charge in [-0.2, -0.15) is 15.0 Å². The van der Waals surface area contributed by atoms with Crippen molar-refractivity contribution in [2.24, 2.45) is 10.8 Å². The smallest absolute Gasteiger partial charge is 0.233 e. The van der Waals surface area contributed by atoms with Gasteiger partial charge >= 0.3 is 0 Å². The molecule has 0 atom stereocenters. The molecule has 7 aromatic rings. The molecule has 0 aliphatic heterocycles. The number of benzene rings is 4. The lowest BCUT2D eigenvalue weighted by Gasteiger charge is -2.21. The van der Waals surface area contributed by atoms with Crippen LogP contribution in [0.25, 0.3) is 45.1 Å². The molecule has 3 heterocycles. The SMILES string of the molecule is CC(C)(C)Cc1ccc2oc(-c3ccc(Nc4nc(Nc5ccc(-c6nc7cc(CC(C)(C)C)ccc7o6)cc5)nc(NC(C)(C)C)n4)cc3)nc2c1. The Morgan fingerprint density at radius 1 is 0.472 bits per heavy atom. The van der Waals surface area contributed by atoms with Gasteiger partial charge < -0.3 is 24.8 Å². The van der Waals surface area contributed by atoms with E-state index >= 15 is 0 Å². The van der Waals surface area contributed by atoms with Gasteiger partial charge in [-0.3, -0.25) is 0 Å². The second-order valence-electron chi connectivity index (χ2n) is 17.2. The van der Waals surface area contributed by atoms with Crippen molar-refractivity contribution in [2.45, 2.75) is 80.7 Å². The van der Waals surface area contributed by atoms with Crippen LogP contribution >= 0.6 is 0 Å². The Morgan fingerprint density at radius 2 is 0.868 bits per heavy atom. The maximum Gasteiger partial charge on any atom is 0.233 e. The van der Waals surface area contributed by atoms with Crippen molar-refractivity contribution >= 4 is 51.4 Å². The third-order valence-corrected chi connectivity index (χ3v) is 8.27. The Balaban J connectivity index is 1.07. The number of anilines is 5. The average molecular weight is 709 g/mol. The largest absolute Gasteiger partial charge is 0.436 e.